The number of nitro groups is 1. The number of nitro benzene ring substituents is 1. The number of amides is 1. The fourth-order valence-electron chi connectivity index (χ4n) is 2.46. The van der Waals surface area contributed by atoms with Crippen LogP contribution in [0.3, 0.4) is 0 Å². The van der Waals surface area contributed by atoms with Crippen LogP contribution >= 0.6 is 11.8 Å². The topological polar surface area (TPSA) is 116 Å². The van der Waals surface area contributed by atoms with Crippen molar-refractivity contribution in [2.75, 3.05) is 32.6 Å². The summed E-state index contributed by atoms with van der Waals surface area (Å²) in [6.07, 6.45) is 0. The first-order valence-electron chi connectivity index (χ1n) is 7.82. The first kappa shape index (κ1) is 19.7. The summed E-state index contributed by atoms with van der Waals surface area (Å²) in [6, 6.07) is 3.44. The Labute approximate surface area is 153 Å². The van der Waals surface area contributed by atoms with Crippen LogP contribution in [0.25, 0.3) is 0 Å². The average molecular weight is 382 g/mol. The highest BCUT2D eigenvalue weighted by Crippen LogP contribution is 2.24. The maximum absolute atomic E-state index is 12.8. The van der Waals surface area contributed by atoms with Gasteiger partial charge in [-0.2, -0.15) is 0 Å². The standard InChI is InChI=1S/C16H18N2O7S/c1-3-25-15(20)11-6-10(7-12(8-11)18(22)23)14(19)17-4-5-26-13(9-17)16(21)24-2/h6-8,13H,3-5,9H2,1-2H3/t13-/m0/s1. The van der Waals surface area contributed by atoms with Gasteiger partial charge in [-0.25, -0.2) is 4.79 Å². The number of hydrogen-bond acceptors (Lipinski definition) is 8. The molecule has 1 aromatic carbocycles. The fourth-order valence-corrected chi connectivity index (χ4v) is 3.59. The van der Waals surface area contributed by atoms with E-state index >= 15 is 0 Å². The van der Waals surface area contributed by atoms with E-state index in [0.29, 0.717) is 12.3 Å². The predicted octanol–water partition coefficient (Wildman–Crippen LogP) is 1.50. The number of hydrogen-bond donors (Lipinski definition) is 0. The number of benzene rings is 1. The molecule has 1 aliphatic rings. The molecule has 1 atom stereocenters. The van der Waals surface area contributed by atoms with E-state index in [1.54, 1.807) is 6.92 Å². The number of thioether (sulfide) groups is 1. The van der Waals surface area contributed by atoms with Crippen molar-refractivity contribution in [3.63, 3.8) is 0 Å². The predicted molar refractivity (Wildman–Crippen MR) is 93.2 cm³/mol. The van der Waals surface area contributed by atoms with Crippen molar-refractivity contribution in [2.24, 2.45) is 0 Å². The molecule has 2 rings (SSSR count). The highest BCUT2D eigenvalue weighted by molar-refractivity contribution is 8.00. The summed E-state index contributed by atoms with van der Waals surface area (Å²) in [5, 5.41) is 10.6. The number of methoxy groups -OCH3 is 1. The number of carbonyl (C=O) groups is 3. The van der Waals surface area contributed by atoms with Gasteiger partial charge in [0.2, 0.25) is 0 Å². The third-order valence-electron chi connectivity index (χ3n) is 3.70. The summed E-state index contributed by atoms with van der Waals surface area (Å²) >= 11 is 1.38. The molecule has 1 saturated heterocycles. The Kier molecular flexibility index (Phi) is 6.56. The van der Waals surface area contributed by atoms with Crippen molar-refractivity contribution in [2.45, 2.75) is 12.2 Å². The molecule has 10 heteroatoms. The summed E-state index contributed by atoms with van der Waals surface area (Å²) in [5.74, 6) is -1.13. The molecule has 26 heavy (non-hydrogen) atoms. The zero-order valence-electron chi connectivity index (χ0n) is 14.3. The molecular formula is C16H18N2O7S. The first-order valence-corrected chi connectivity index (χ1v) is 8.87. The van der Waals surface area contributed by atoms with Gasteiger partial charge in [0.1, 0.15) is 5.25 Å². The molecular weight excluding hydrogens is 364 g/mol. The van der Waals surface area contributed by atoms with Crippen molar-refractivity contribution in [3.05, 3.63) is 39.4 Å². The number of rotatable bonds is 5. The average Bonchev–Trinajstić information content (AvgIpc) is 2.66. The molecule has 1 aliphatic heterocycles. The van der Waals surface area contributed by atoms with E-state index in [-0.39, 0.29) is 30.0 Å². The third kappa shape index (κ3) is 4.51. The number of nitrogens with zero attached hydrogens (tertiary/aromatic N) is 2. The highest BCUT2D eigenvalue weighted by Gasteiger charge is 2.31. The van der Waals surface area contributed by atoms with E-state index in [2.05, 4.69) is 0 Å². The van der Waals surface area contributed by atoms with Crippen molar-refractivity contribution in [1.29, 1.82) is 0 Å². The molecule has 1 amide bonds. The molecule has 9 nitrogen and oxygen atoms in total. The minimum atomic E-state index is -0.744. The molecule has 0 spiro atoms. The van der Waals surface area contributed by atoms with Crippen molar-refractivity contribution in [1.82, 2.24) is 4.90 Å². The smallest absolute Gasteiger partial charge is 0.338 e. The number of non-ortho nitro benzene ring substituents is 1. The lowest BCUT2D eigenvalue weighted by Crippen LogP contribution is -2.45. The van der Waals surface area contributed by atoms with Gasteiger partial charge in [-0.15, -0.1) is 11.8 Å². The summed E-state index contributed by atoms with van der Waals surface area (Å²) < 4.78 is 9.56. The molecule has 0 N–H and O–H groups in total. The zero-order chi connectivity index (χ0) is 19.3. The zero-order valence-corrected chi connectivity index (χ0v) is 15.1. The second-order valence-electron chi connectivity index (χ2n) is 5.38. The van der Waals surface area contributed by atoms with Crippen LogP contribution in [0.15, 0.2) is 18.2 Å². The molecule has 140 valence electrons. The van der Waals surface area contributed by atoms with Crippen molar-refractivity contribution >= 4 is 35.3 Å². The Morgan fingerprint density at radius 3 is 2.62 bits per heavy atom. The van der Waals surface area contributed by atoms with E-state index in [1.165, 1.54) is 29.8 Å². The summed E-state index contributed by atoms with van der Waals surface area (Å²) in [4.78, 5) is 48.2. The Balaban J connectivity index is 2.30. The van der Waals surface area contributed by atoms with Gasteiger partial charge in [-0.05, 0) is 13.0 Å². The monoisotopic (exact) mass is 382 g/mol. The molecule has 1 fully saturated rings. The van der Waals surface area contributed by atoms with Gasteiger partial charge >= 0.3 is 11.9 Å². The minimum absolute atomic E-state index is 0.00207. The summed E-state index contributed by atoms with van der Waals surface area (Å²) in [6.45, 7) is 2.23. The number of esters is 2. The molecule has 1 heterocycles. The molecule has 0 aliphatic carbocycles. The van der Waals surface area contributed by atoms with Crippen LogP contribution < -0.4 is 0 Å². The van der Waals surface area contributed by atoms with Gasteiger partial charge in [0.05, 0.1) is 24.2 Å². The normalized spacial score (nSPS) is 16.7. The van der Waals surface area contributed by atoms with Crippen molar-refractivity contribution < 1.29 is 28.8 Å². The molecule has 1 aromatic rings. The fraction of sp³-hybridized carbons (Fsp3) is 0.438. The number of carbonyl (C=O) groups excluding carboxylic acids is 3. The van der Waals surface area contributed by atoms with Gasteiger partial charge in [0.15, 0.2) is 0 Å². The molecule has 0 bridgehead atoms. The van der Waals surface area contributed by atoms with Gasteiger partial charge < -0.3 is 14.4 Å². The van der Waals surface area contributed by atoms with E-state index in [4.69, 9.17) is 9.47 Å². The lowest BCUT2D eigenvalue weighted by molar-refractivity contribution is -0.384. The Hall–Kier alpha value is -2.62. The van der Waals surface area contributed by atoms with Crippen LogP contribution in [0.2, 0.25) is 0 Å². The maximum Gasteiger partial charge on any atom is 0.338 e. The van der Waals surface area contributed by atoms with E-state index < -0.39 is 28.0 Å². The molecule has 0 aromatic heterocycles. The third-order valence-corrected chi connectivity index (χ3v) is 4.87. The molecule has 0 unspecified atom stereocenters. The second kappa shape index (κ2) is 8.65. The van der Waals surface area contributed by atoms with Crippen LogP contribution in [-0.2, 0) is 14.3 Å². The quantitative estimate of drug-likeness (QED) is 0.427. The minimum Gasteiger partial charge on any atom is -0.468 e. The summed E-state index contributed by atoms with van der Waals surface area (Å²) in [7, 11) is 1.27. The van der Waals surface area contributed by atoms with Crippen molar-refractivity contribution in [3.8, 4) is 0 Å². The Morgan fingerprint density at radius 2 is 2.00 bits per heavy atom. The number of ether oxygens (including phenoxy) is 2. The van der Waals surface area contributed by atoms with Gasteiger partial charge in [-0.3, -0.25) is 19.7 Å². The van der Waals surface area contributed by atoms with Crippen LogP contribution in [0, 0.1) is 10.1 Å². The van der Waals surface area contributed by atoms with Gasteiger partial charge in [-0.1, -0.05) is 0 Å². The Morgan fingerprint density at radius 1 is 1.31 bits per heavy atom. The maximum atomic E-state index is 12.8. The molecule has 0 radical (unpaired) electrons. The SMILES string of the molecule is CCOC(=O)c1cc(C(=O)N2CCS[C@H](C(=O)OC)C2)cc([N+](=O)[O-])c1. The van der Waals surface area contributed by atoms with E-state index in [9.17, 15) is 24.5 Å². The first-order chi connectivity index (χ1) is 12.4. The van der Waals surface area contributed by atoms with Gasteiger partial charge in [0.25, 0.3) is 11.6 Å². The van der Waals surface area contributed by atoms with Crippen LogP contribution in [-0.4, -0.2) is 65.5 Å². The van der Waals surface area contributed by atoms with Crippen LogP contribution in [0.4, 0.5) is 5.69 Å². The summed E-state index contributed by atoms with van der Waals surface area (Å²) in [5.41, 5.74) is -0.451. The largest absolute Gasteiger partial charge is 0.468 e. The lowest BCUT2D eigenvalue weighted by atomic mass is 10.1. The van der Waals surface area contributed by atoms with Crippen LogP contribution in [0.1, 0.15) is 27.6 Å². The second-order valence-corrected chi connectivity index (χ2v) is 6.69. The Bertz CT molecular complexity index is 737. The van der Waals surface area contributed by atoms with E-state index in [0.717, 1.165) is 12.1 Å². The van der Waals surface area contributed by atoms with Crippen LogP contribution in [0.5, 0.6) is 0 Å². The lowest BCUT2D eigenvalue weighted by Gasteiger charge is -2.31. The van der Waals surface area contributed by atoms with E-state index in [1.807, 2.05) is 0 Å². The van der Waals surface area contributed by atoms with Gasteiger partial charge in [0, 0.05) is 36.5 Å². The molecule has 0 saturated carbocycles. The highest BCUT2D eigenvalue weighted by atomic mass is 32.2.